The molecule has 0 radical (unpaired) electrons. The molecule has 4 nitrogen and oxygen atoms in total. The van der Waals surface area contributed by atoms with Crippen LogP contribution in [0.3, 0.4) is 0 Å². The summed E-state index contributed by atoms with van der Waals surface area (Å²) in [6, 6.07) is 14.3. The number of aromatic nitrogens is 1. The van der Waals surface area contributed by atoms with Gasteiger partial charge < -0.3 is 10.8 Å². The van der Waals surface area contributed by atoms with E-state index in [4.69, 9.17) is 5.73 Å². The smallest absolute Gasteiger partial charge is 0.266 e. The van der Waals surface area contributed by atoms with Crippen LogP contribution in [0.4, 0.5) is 0 Å². The lowest BCUT2D eigenvalue weighted by Gasteiger charge is -2.05. The molecule has 0 aliphatic heterocycles. The number of carbonyl (C=O) groups is 1. The maximum absolute atomic E-state index is 12.7. The van der Waals surface area contributed by atoms with Crippen molar-refractivity contribution in [2.45, 2.75) is 6.42 Å². The van der Waals surface area contributed by atoms with Crippen molar-refractivity contribution in [1.82, 2.24) is 4.57 Å². The lowest BCUT2D eigenvalue weighted by molar-refractivity contribution is 0.0962. The summed E-state index contributed by atoms with van der Waals surface area (Å²) in [6.45, 7) is 0.527. The fourth-order valence-electron chi connectivity index (χ4n) is 2.56. The monoisotopic (exact) mass is 280 g/mol. The van der Waals surface area contributed by atoms with Crippen LogP contribution in [0.1, 0.15) is 15.9 Å². The molecule has 0 bridgehead atoms. The van der Waals surface area contributed by atoms with E-state index in [0.29, 0.717) is 13.0 Å². The van der Waals surface area contributed by atoms with Crippen molar-refractivity contribution in [3.8, 4) is 5.75 Å². The van der Waals surface area contributed by atoms with Gasteiger partial charge in [0.1, 0.15) is 5.75 Å². The molecular formula is C17H16N2O2. The number of benzene rings is 2. The van der Waals surface area contributed by atoms with E-state index >= 15 is 0 Å². The van der Waals surface area contributed by atoms with Crippen molar-refractivity contribution < 1.29 is 9.90 Å². The Balaban J connectivity index is 2.17. The predicted molar refractivity (Wildman–Crippen MR) is 82.5 cm³/mol. The summed E-state index contributed by atoms with van der Waals surface area (Å²) in [5.41, 5.74) is 7.79. The van der Waals surface area contributed by atoms with Gasteiger partial charge in [0.2, 0.25) is 0 Å². The fraction of sp³-hybridized carbons (Fsp3) is 0.118. The number of phenolic OH excluding ortho intramolecular Hbond substituents is 1. The van der Waals surface area contributed by atoms with Gasteiger partial charge in [-0.25, -0.2) is 0 Å². The lowest BCUT2D eigenvalue weighted by Crippen LogP contribution is -2.11. The number of para-hydroxylation sites is 2. The van der Waals surface area contributed by atoms with E-state index in [-0.39, 0.29) is 17.2 Å². The Morgan fingerprint density at radius 3 is 2.57 bits per heavy atom. The Kier molecular flexibility index (Phi) is 3.46. The molecule has 106 valence electrons. The molecule has 0 atom stereocenters. The van der Waals surface area contributed by atoms with Gasteiger partial charge in [-0.3, -0.25) is 9.36 Å². The molecule has 0 saturated heterocycles. The molecule has 0 unspecified atom stereocenters. The van der Waals surface area contributed by atoms with Gasteiger partial charge in [-0.1, -0.05) is 30.3 Å². The average Bonchev–Trinajstić information content (AvgIpc) is 2.87. The van der Waals surface area contributed by atoms with Gasteiger partial charge in [-0.2, -0.15) is 0 Å². The summed E-state index contributed by atoms with van der Waals surface area (Å²) in [5.74, 6) is -0.256. The quantitative estimate of drug-likeness (QED) is 0.774. The van der Waals surface area contributed by atoms with Gasteiger partial charge in [-0.15, -0.1) is 0 Å². The first kappa shape index (κ1) is 13.4. The Bertz CT molecular complexity index is 805. The first-order valence-corrected chi connectivity index (χ1v) is 6.84. The molecule has 3 N–H and O–H groups in total. The van der Waals surface area contributed by atoms with E-state index in [9.17, 15) is 9.90 Å². The molecule has 21 heavy (non-hydrogen) atoms. The number of nitrogens with zero attached hydrogens (tertiary/aromatic N) is 1. The van der Waals surface area contributed by atoms with Crippen molar-refractivity contribution in [1.29, 1.82) is 0 Å². The summed E-state index contributed by atoms with van der Waals surface area (Å²) in [6.07, 6.45) is 2.52. The van der Waals surface area contributed by atoms with E-state index in [1.165, 1.54) is 6.07 Å². The maximum atomic E-state index is 12.7. The van der Waals surface area contributed by atoms with Crippen LogP contribution in [-0.2, 0) is 6.42 Å². The summed E-state index contributed by atoms with van der Waals surface area (Å²) in [4.78, 5) is 12.7. The molecule has 0 amide bonds. The van der Waals surface area contributed by atoms with E-state index < -0.39 is 0 Å². The second kappa shape index (κ2) is 5.42. The van der Waals surface area contributed by atoms with Crippen molar-refractivity contribution in [3.05, 3.63) is 65.9 Å². The molecule has 1 heterocycles. The zero-order valence-electron chi connectivity index (χ0n) is 11.5. The lowest BCUT2D eigenvalue weighted by atomic mass is 10.1. The minimum atomic E-state index is -0.243. The van der Waals surface area contributed by atoms with Crippen LogP contribution in [0.25, 0.3) is 10.9 Å². The van der Waals surface area contributed by atoms with Crippen molar-refractivity contribution in [3.63, 3.8) is 0 Å². The number of carbonyl (C=O) groups excluding carboxylic acids is 1. The number of fused-ring (bicyclic) bond motifs is 1. The number of phenols is 1. The molecule has 4 heteroatoms. The first-order valence-electron chi connectivity index (χ1n) is 6.84. The molecule has 0 fully saturated rings. The van der Waals surface area contributed by atoms with E-state index in [1.807, 2.05) is 30.5 Å². The van der Waals surface area contributed by atoms with Crippen molar-refractivity contribution in [2.75, 3.05) is 6.54 Å². The van der Waals surface area contributed by atoms with Crippen LogP contribution in [0.5, 0.6) is 5.75 Å². The number of nitrogens with two attached hydrogens (primary N) is 1. The standard InChI is InChI=1S/C17H16N2O2/c18-10-9-12-11-19(15-7-3-1-5-13(12)15)17(21)14-6-2-4-8-16(14)20/h1-8,11,20H,9-10,18H2. The minimum Gasteiger partial charge on any atom is -0.507 e. The van der Waals surface area contributed by atoms with Gasteiger partial charge >= 0.3 is 0 Å². The first-order chi connectivity index (χ1) is 10.2. The van der Waals surface area contributed by atoms with E-state index in [1.54, 1.807) is 22.8 Å². The third-order valence-electron chi connectivity index (χ3n) is 3.56. The van der Waals surface area contributed by atoms with Gasteiger partial charge in [0.05, 0.1) is 11.1 Å². The minimum absolute atomic E-state index is 0.0133. The SMILES string of the molecule is NCCc1cn(C(=O)c2ccccc2O)c2ccccc12. The van der Waals surface area contributed by atoms with E-state index in [2.05, 4.69) is 0 Å². The number of rotatable bonds is 3. The molecule has 3 rings (SSSR count). The largest absolute Gasteiger partial charge is 0.507 e. The summed E-state index contributed by atoms with van der Waals surface area (Å²) < 4.78 is 1.58. The normalized spacial score (nSPS) is 10.9. The van der Waals surface area contributed by atoms with Crippen LogP contribution in [-0.4, -0.2) is 22.1 Å². The molecule has 3 aromatic rings. The van der Waals surface area contributed by atoms with Crippen LogP contribution >= 0.6 is 0 Å². The van der Waals surface area contributed by atoms with Crippen LogP contribution in [0, 0.1) is 0 Å². The molecule has 0 aliphatic rings. The van der Waals surface area contributed by atoms with Crippen molar-refractivity contribution in [2.24, 2.45) is 5.73 Å². The van der Waals surface area contributed by atoms with Crippen LogP contribution < -0.4 is 5.73 Å². The number of hydrogen-bond donors (Lipinski definition) is 2. The fourth-order valence-corrected chi connectivity index (χ4v) is 2.56. The Morgan fingerprint density at radius 1 is 1.10 bits per heavy atom. The van der Waals surface area contributed by atoms with Gasteiger partial charge in [0, 0.05) is 11.6 Å². The topological polar surface area (TPSA) is 68.2 Å². The molecule has 0 aliphatic carbocycles. The van der Waals surface area contributed by atoms with Gasteiger partial charge in [0.25, 0.3) is 5.91 Å². The van der Waals surface area contributed by atoms with Crippen LogP contribution in [0.2, 0.25) is 0 Å². The number of aromatic hydroxyl groups is 1. The zero-order chi connectivity index (χ0) is 14.8. The van der Waals surface area contributed by atoms with Gasteiger partial charge in [-0.05, 0) is 36.7 Å². The highest BCUT2D eigenvalue weighted by molar-refractivity contribution is 6.04. The Hall–Kier alpha value is -2.59. The van der Waals surface area contributed by atoms with Crippen molar-refractivity contribution >= 4 is 16.8 Å². The molecule has 1 aromatic heterocycles. The highest BCUT2D eigenvalue weighted by Gasteiger charge is 2.16. The van der Waals surface area contributed by atoms with Gasteiger partial charge in [0.15, 0.2) is 0 Å². The predicted octanol–water partition coefficient (Wildman–Crippen LogP) is 2.54. The zero-order valence-corrected chi connectivity index (χ0v) is 11.5. The highest BCUT2D eigenvalue weighted by atomic mass is 16.3. The summed E-state index contributed by atoms with van der Waals surface area (Å²) in [7, 11) is 0. The Labute approximate surface area is 122 Å². The summed E-state index contributed by atoms with van der Waals surface area (Å²) >= 11 is 0. The summed E-state index contributed by atoms with van der Waals surface area (Å²) in [5, 5.41) is 10.9. The second-order valence-electron chi connectivity index (χ2n) is 4.90. The molecule has 2 aromatic carbocycles. The molecule has 0 spiro atoms. The average molecular weight is 280 g/mol. The van der Waals surface area contributed by atoms with E-state index in [0.717, 1.165) is 16.5 Å². The number of hydrogen-bond acceptors (Lipinski definition) is 3. The Morgan fingerprint density at radius 2 is 1.81 bits per heavy atom. The van der Waals surface area contributed by atoms with Crippen LogP contribution in [0.15, 0.2) is 54.7 Å². The third kappa shape index (κ3) is 2.30. The molecular weight excluding hydrogens is 264 g/mol. The maximum Gasteiger partial charge on any atom is 0.266 e. The highest BCUT2D eigenvalue weighted by Crippen LogP contribution is 2.25. The second-order valence-corrected chi connectivity index (χ2v) is 4.90. The third-order valence-corrected chi connectivity index (χ3v) is 3.56. The molecule has 0 saturated carbocycles.